The summed E-state index contributed by atoms with van der Waals surface area (Å²) in [5.41, 5.74) is 3.11. The maximum absolute atomic E-state index is 4.30. The van der Waals surface area contributed by atoms with Crippen molar-refractivity contribution in [2.24, 2.45) is 0 Å². The van der Waals surface area contributed by atoms with Gasteiger partial charge in [-0.3, -0.25) is 4.90 Å². The first kappa shape index (κ1) is 9.12. The molecule has 1 aliphatic rings. The molecule has 72 valence electrons. The summed E-state index contributed by atoms with van der Waals surface area (Å²) in [5.74, 6) is 0. The summed E-state index contributed by atoms with van der Waals surface area (Å²) >= 11 is 1.68. The molecule has 1 aromatic rings. The van der Waals surface area contributed by atoms with Crippen LogP contribution in [0.15, 0.2) is 10.9 Å². The first-order valence-electron chi connectivity index (χ1n) is 4.68. The predicted molar refractivity (Wildman–Crippen MR) is 54.9 cm³/mol. The minimum absolute atomic E-state index is 0.635. The molecule has 0 aliphatic carbocycles. The van der Waals surface area contributed by atoms with Gasteiger partial charge in [0.2, 0.25) is 0 Å². The summed E-state index contributed by atoms with van der Waals surface area (Å²) in [5, 5.41) is 5.52. The van der Waals surface area contributed by atoms with E-state index in [9.17, 15) is 0 Å². The third-order valence-corrected chi connectivity index (χ3v) is 3.12. The van der Waals surface area contributed by atoms with Crippen LogP contribution in [0.1, 0.15) is 12.6 Å². The molecule has 0 radical (unpaired) electrons. The fraction of sp³-hybridized carbons (Fsp3) is 0.667. The molecule has 4 heteroatoms. The van der Waals surface area contributed by atoms with E-state index in [4.69, 9.17) is 0 Å². The van der Waals surface area contributed by atoms with Gasteiger partial charge in [0, 0.05) is 37.6 Å². The summed E-state index contributed by atoms with van der Waals surface area (Å²) in [6.45, 7) is 6.61. The zero-order valence-electron chi connectivity index (χ0n) is 7.86. The average Bonchev–Trinajstić information content (AvgIpc) is 2.61. The van der Waals surface area contributed by atoms with Crippen LogP contribution >= 0.6 is 11.3 Å². The molecule has 0 amide bonds. The number of hydrogen-bond donors (Lipinski definition) is 1. The molecule has 0 unspecified atom stereocenters. The van der Waals surface area contributed by atoms with Crippen LogP contribution in [0, 0.1) is 0 Å². The second-order valence-electron chi connectivity index (χ2n) is 3.50. The Labute approximate surface area is 82.8 Å². The van der Waals surface area contributed by atoms with Crippen molar-refractivity contribution < 1.29 is 0 Å². The largest absolute Gasteiger partial charge is 0.314 e. The maximum atomic E-state index is 4.30. The second kappa shape index (κ2) is 4.17. The van der Waals surface area contributed by atoms with E-state index in [-0.39, 0.29) is 0 Å². The lowest BCUT2D eigenvalue weighted by atomic mass is 10.2. The highest BCUT2D eigenvalue weighted by atomic mass is 32.1. The average molecular weight is 197 g/mol. The van der Waals surface area contributed by atoms with E-state index in [2.05, 4.69) is 27.5 Å². The van der Waals surface area contributed by atoms with Crippen LogP contribution in [0.4, 0.5) is 0 Å². The molecule has 1 N–H and O–H groups in total. The predicted octanol–water partition coefficient (Wildman–Crippen LogP) is 0.937. The zero-order valence-corrected chi connectivity index (χ0v) is 8.68. The van der Waals surface area contributed by atoms with Crippen LogP contribution in [0.25, 0.3) is 0 Å². The Morgan fingerprint density at radius 1 is 1.77 bits per heavy atom. The summed E-state index contributed by atoms with van der Waals surface area (Å²) in [6.07, 6.45) is 0. The van der Waals surface area contributed by atoms with E-state index < -0.39 is 0 Å². The zero-order chi connectivity index (χ0) is 9.10. The number of rotatable bonds is 2. The molecule has 13 heavy (non-hydrogen) atoms. The molecule has 1 fully saturated rings. The van der Waals surface area contributed by atoms with Gasteiger partial charge in [-0.25, -0.2) is 4.98 Å². The van der Waals surface area contributed by atoms with Gasteiger partial charge in [-0.2, -0.15) is 0 Å². The van der Waals surface area contributed by atoms with E-state index in [1.54, 1.807) is 11.3 Å². The first-order valence-corrected chi connectivity index (χ1v) is 5.62. The highest BCUT2D eigenvalue weighted by Crippen LogP contribution is 2.09. The quantitative estimate of drug-likeness (QED) is 0.764. The van der Waals surface area contributed by atoms with Crippen molar-refractivity contribution in [2.45, 2.75) is 19.5 Å². The molecular weight excluding hydrogens is 182 g/mol. The third-order valence-electron chi connectivity index (χ3n) is 2.49. The van der Waals surface area contributed by atoms with Crippen LogP contribution in [-0.2, 0) is 6.54 Å². The lowest BCUT2D eigenvalue weighted by Crippen LogP contribution is -2.49. The lowest BCUT2D eigenvalue weighted by molar-refractivity contribution is 0.164. The van der Waals surface area contributed by atoms with E-state index in [1.807, 2.05) is 5.51 Å². The fourth-order valence-electron chi connectivity index (χ4n) is 1.64. The monoisotopic (exact) mass is 197 g/mol. The Balaban J connectivity index is 1.93. The van der Waals surface area contributed by atoms with Crippen molar-refractivity contribution in [3.8, 4) is 0 Å². The van der Waals surface area contributed by atoms with Crippen molar-refractivity contribution in [1.82, 2.24) is 15.2 Å². The summed E-state index contributed by atoms with van der Waals surface area (Å²) in [7, 11) is 0. The maximum Gasteiger partial charge on any atom is 0.0795 e. The van der Waals surface area contributed by atoms with Gasteiger partial charge in [0.25, 0.3) is 0 Å². The number of hydrogen-bond acceptors (Lipinski definition) is 4. The highest BCUT2D eigenvalue weighted by molar-refractivity contribution is 7.07. The minimum Gasteiger partial charge on any atom is -0.314 e. The molecule has 0 spiro atoms. The Hall–Kier alpha value is -0.450. The lowest BCUT2D eigenvalue weighted by Gasteiger charge is -2.33. The second-order valence-corrected chi connectivity index (χ2v) is 4.22. The molecule has 0 aromatic carbocycles. The minimum atomic E-state index is 0.635. The van der Waals surface area contributed by atoms with Crippen LogP contribution in [-0.4, -0.2) is 35.6 Å². The van der Waals surface area contributed by atoms with Gasteiger partial charge in [0.15, 0.2) is 0 Å². The van der Waals surface area contributed by atoms with Gasteiger partial charge in [-0.1, -0.05) is 0 Å². The smallest absolute Gasteiger partial charge is 0.0795 e. The summed E-state index contributed by atoms with van der Waals surface area (Å²) < 4.78 is 0. The molecule has 0 bridgehead atoms. The van der Waals surface area contributed by atoms with Crippen molar-refractivity contribution in [3.63, 3.8) is 0 Å². The van der Waals surface area contributed by atoms with Gasteiger partial charge in [0.1, 0.15) is 0 Å². The van der Waals surface area contributed by atoms with Crippen LogP contribution < -0.4 is 5.32 Å². The normalized spacial score (nSPS) is 24.8. The summed E-state index contributed by atoms with van der Waals surface area (Å²) in [4.78, 5) is 6.78. The first-order chi connectivity index (χ1) is 6.36. The van der Waals surface area contributed by atoms with Crippen LogP contribution in [0.5, 0.6) is 0 Å². The molecule has 1 aliphatic heterocycles. The van der Waals surface area contributed by atoms with Crippen LogP contribution in [0.3, 0.4) is 0 Å². The van der Waals surface area contributed by atoms with Crippen molar-refractivity contribution in [1.29, 1.82) is 0 Å². The Bertz CT molecular complexity index is 247. The van der Waals surface area contributed by atoms with Gasteiger partial charge in [0.05, 0.1) is 11.2 Å². The Morgan fingerprint density at radius 3 is 3.38 bits per heavy atom. The van der Waals surface area contributed by atoms with Gasteiger partial charge in [-0.15, -0.1) is 11.3 Å². The number of nitrogens with zero attached hydrogens (tertiary/aromatic N) is 2. The highest BCUT2D eigenvalue weighted by Gasteiger charge is 2.17. The van der Waals surface area contributed by atoms with Gasteiger partial charge >= 0.3 is 0 Å². The molecular formula is C9H15N3S. The SMILES string of the molecule is C[C@@H]1CNCCN1Cc1cscn1. The molecule has 0 saturated carbocycles. The Morgan fingerprint density at radius 2 is 2.69 bits per heavy atom. The van der Waals surface area contributed by atoms with E-state index >= 15 is 0 Å². The molecule has 1 saturated heterocycles. The number of piperazine rings is 1. The third kappa shape index (κ3) is 2.27. The molecule has 1 atom stereocenters. The fourth-order valence-corrected chi connectivity index (χ4v) is 2.19. The van der Waals surface area contributed by atoms with E-state index in [0.29, 0.717) is 6.04 Å². The van der Waals surface area contributed by atoms with Gasteiger partial charge in [-0.05, 0) is 6.92 Å². The molecule has 1 aromatic heterocycles. The number of aromatic nitrogens is 1. The van der Waals surface area contributed by atoms with Gasteiger partial charge < -0.3 is 5.32 Å². The van der Waals surface area contributed by atoms with E-state index in [1.165, 1.54) is 5.69 Å². The van der Waals surface area contributed by atoms with Crippen molar-refractivity contribution in [2.75, 3.05) is 19.6 Å². The van der Waals surface area contributed by atoms with E-state index in [0.717, 1.165) is 26.2 Å². The topological polar surface area (TPSA) is 28.2 Å². The van der Waals surface area contributed by atoms with Crippen molar-refractivity contribution >= 4 is 11.3 Å². The number of nitrogens with one attached hydrogen (secondary N) is 1. The van der Waals surface area contributed by atoms with Crippen molar-refractivity contribution in [3.05, 3.63) is 16.6 Å². The number of thiazole rings is 1. The molecule has 2 rings (SSSR count). The Kier molecular flexibility index (Phi) is 2.93. The molecule has 3 nitrogen and oxygen atoms in total. The standard InChI is InChI=1S/C9H15N3S/c1-8-4-10-2-3-12(8)5-9-6-13-7-11-9/h6-8,10H,2-5H2,1H3/t8-/m1/s1. The van der Waals surface area contributed by atoms with Crippen LogP contribution in [0.2, 0.25) is 0 Å². The summed E-state index contributed by atoms with van der Waals surface area (Å²) in [6, 6.07) is 0.635. The molecule has 2 heterocycles.